The molecule has 2 aromatic carbocycles. The standard InChI is InChI=1S/C15H15NO2/c17-13-8-12(9-14(18)10-13)16-7-3-5-11-4-1-2-6-15(11)16/h1-2,4,6,8-10,17-18H,3,5,7H2. The molecule has 3 nitrogen and oxygen atoms in total. The summed E-state index contributed by atoms with van der Waals surface area (Å²) in [5, 5.41) is 19.2. The summed E-state index contributed by atoms with van der Waals surface area (Å²) < 4.78 is 0. The molecule has 1 heterocycles. The molecule has 3 heteroatoms. The summed E-state index contributed by atoms with van der Waals surface area (Å²) in [5.41, 5.74) is 3.31. The van der Waals surface area contributed by atoms with Gasteiger partial charge in [-0.3, -0.25) is 0 Å². The van der Waals surface area contributed by atoms with Gasteiger partial charge in [0.25, 0.3) is 0 Å². The average molecular weight is 241 g/mol. The quantitative estimate of drug-likeness (QED) is 0.806. The summed E-state index contributed by atoms with van der Waals surface area (Å²) in [5.74, 6) is 0.182. The highest BCUT2D eigenvalue weighted by atomic mass is 16.3. The fourth-order valence-corrected chi connectivity index (χ4v) is 2.54. The Balaban J connectivity index is 2.08. The number of hydrogen-bond donors (Lipinski definition) is 2. The average Bonchev–Trinajstić information content (AvgIpc) is 2.37. The molecule has 0 amide bonds. The molecule has 1 aliphatic rings. The molecule has 0 fully saturated rings. The van der Waals surface area contributed by atoms with Gasteiger partial charge in [0.1, 0.15) is 11.5 Å². The third kappa shape index (κ3) is 1.88. The summed E-state index contributed by atoms with van der Waals surface area (Å²) in [4.78, 5) is 2.14. The van der Waals surface area contributed by atoms with Gasteiger partial charge in [-0.15, -0.1) is 0 Å². The molecule has 2 aromatic rings. The van der Waals surface area contributed by atoms with Gasteiger partial charge in [0.15, 0.2) is 0 Å². The first-order valence-corrected chi connectivity index (χ1v) is 6.12. The summed E-state index contributed by atoms with van der Waals surface area (Å²) in [6.07, 6.45) is 2.16. The van der Waals surface area contributed by atoms with Gasteiger partial charge >= 0.3 is 0 Å². The zero-order valence-corrected chi connectivity index (χ0v) is 10.0. The van der Waals surface area contributed by atoms with E-state index >= 15 is 0 Å². The van der Waals surface area contributed by atoms with Gasteiger partial charge in [-0.25, -0.2) is 0 Å². The zero-order chi connectivity index (χ0) is 12.5. The van der Waals surface area contributed by atoms with Crippen molar-refractivity contribution >= 4 is 11.4 Å². The van der Waals surface area contributed by atoms with Crippen molar-refractivity contribution in [1.29, 1.82) is 0 Å². The number of para-hydroxylation sites is 1. The Labute approximate surface area is 106 Å². The number of rotatable bonds is 1. The molecule has 0 radical (unpaired) electrons. The van der Waals surface area contributed by atoms with Crippen LogP contribution >= 0.6 is 0 Å². The Hall–Kier alpha value is -2.16. The first-order valence-electron chi connectivity index (χ1n) is 6.12. The molecule has 2 N–H and O–H groups in total. The van der Waals surface area contributed by atoms with Gasteiger partial charge in [0.2, 0.25) is 0 Å². The van der Waals surface area contributed by atoms with E-state index in [1.807, 2.05) is 12.1 Å². The third-order valence-electron chi connectivity index (χ3n) is 3.31. The van der Waals surface area contributed by atoms with Crippen LogP contribution in [0.3, 0.4) is 0 Å². The van der Waals surface area contributed by atoms with Crippen molar-refractivity contribution in [2.75, 3.05) is 11.4 Å². The predicted octanol–water partition coefficient (Wildman–Crippen LogP) is 3.18. The SMILES string of the molecule is Oc1cc(O)cc(N2CCCc3ccccc32)c1. The second-order valence-electron chi connectivity index (χ2n) is 4.59. The lowest BCUT2D eigenvalue weighted by Gasteiger charge is -2.31. The van der Waals surface area contributed by atoms with Crippen molar-refractivity contribution in [3.05, 3.63) is 48.0 Å². The molecular formula is C15H15NO2. The first kappa shape index (κ1) is 11.0. The normalized spacial score (nSPS) is 14.3. The Morgan fingerprint density at radius 2 is 1.67 bits per heavy atom. The number of hydrogen-bond acceptors (Lipinski definition) is 3. The number of phenolic OH excluding ortho intramolecular Hbond substituents is 2. The van der Waals surface area contributed by atoms with Gasteiger partial charge in [-0.05, 0) is 24.5 Å². The maximum Gasteiger partial charge on any atom is 0.121 e. The van der Waals surface area contributed by atoms with Gasteiger partial charge in [0.05, 0.1) is 0 Å². The van der Waals surface area contributed by atoms with Gasteiger partial charge < -0.3 is 15.1 Å². The van der Waals surface area contributed by atoms with Crippen molar-refractivity contribution in [2.45, 2.75) is 12.8 Å². The molecule has 0 aromatic heterocycles. The lowest BCUT2D eigenvalue weighted by Crippen LogP contribution is -2.24. The number of aryl methyl sites for hydroxylation is 1. The van der Waals surface area contributed by atoms with Crippen molar-refractivity contribution in [2.24, 2.45) is 0 Å². The van der Waals surface area contributed by atoms with Crippen molar-refractivity contribution in [1.82, 2.24) is 0 Å². The smallest absolute Gasteiger partial charge is 0.121 e. The Morgan fingerprint density at radius 1 is 0.944 bits per heavy atom. The second-order valence-corrected chi connectivity index (χ2v) is 4.59. The molecule has 0 atom stereocenters. The van der Waals surface area contributed by atoms with Crippen LogP contribution in [0.15, 0.2) is 42.5 Å². The Bertz CT molecular complexity index is 560. The van der Waals surface area contributed by atoms with Crippen molar-refractivity contribution < 1.29 is 10.2 Å². The third-order valence-corrected chi connectivity index (χ3v) is 3.31. The van der Waals surface area contributed by atoms with Crippen LogP contribution in [0.1, 0.15) is 12.0 Å². The van der Waals surface area contributed by atoms with Crippen LogP contribution in [0.25, 0.3) is 0 Å². The van der Waals surface area contributed by atoms with E-state index in [1.54, 1.807) is 12.1 Å². The molecule has 0 saturated heterocycles. The molecule has 1 aliphatic heterocycles. The highest BCUT2D eigenvalue weighted by molar-refractivity contribution is 5.69. The molecule has 18 heavy (non-hydrogen) atoms. The number of fused-ring (bicyclic) bond motifs is 1. The minimum absolute atomic E-state index is 0.0908. The Kier molecular flexibility index (Phi) is 2.59. The van der Waals surface area contributed by atoms with E-state index in [-0.39, 0.29) is 11.5 Å². The van der Waals surface area contributed by atoms with E-state index < -0.39 is 0 Å². The predicted molar refractivity (Wildman–Crippen MR) is 71.5 cm³/mol. The maximum atomic E-state index is 9.59. The monoisotopic (exact) mass is 241 g/mol. The van der Waals surface area contributed by atoms with Crippen molar-refractivity contribution in [3.8, 4) is 11.5 Å². The van der Waals surface area contributed by atoms with E-state index in [0.717, 1.165) is 30.8 Å². The first-order chi connectivity index (χ1) is 8.74. The number of anilines is 2. The zero-order valence-electron chi connectivity index (χ0n) is 10.0. The van der Waals surface area contributed by atoms with Crippen LogP contribution in [0, 0.1) is 0 Å². The number of nitrogens with zero attached hydrogens (tertiary/aromatic N) is 1. The molecule has 0 spiro atoms. The van der Waals surface area contributed by atoms with Crippen LogP contribution in [-0.2, 0) is 6.42 Å². The highest BCUT2D eigenvalue weighted by Gasteiger charge is 2.18. The Morgan fingerprint density at radius 3 is 2.44 bits per heavy atom. The number of benzene rings is 2. The minimum Gasteiger partial charge on any atom is -0.508 e. The molecule has 0 unspecified atom stereocenters. The maximum absolute atomic E-state index is 9.59. The van der Waals surface area contributed by atoms with Crippen LogP contribution in [0.2, 0.25) is 0 Å². The topological polar surface area (TPSA) is 43.7 Å². The molecule has 92 valence electrons. The van der Waals surface area contributed by atoms with E-state index in [2.05, 4.69) is 17.0 Å². The fraction of sp³-hybridized carbons (Fsp3) is 0.200. The van der Waals surface area contributed by atoms with Crippen LogP contribution in [-0.4, -0.2) is 16.8 Å². The lowest BCUT2D eigenvalue weighted by atomic mass is 10.0. The van der Waals surface area contributed by atoms with E-state index in [0.29, 0.717) is 0 Å². The molecule has 0 aliphatic carbocycles. The van der Waals surface area contributed by atoms with E-state index in [1.165, 1.54) is 11.6 Å². The van der Waals surface area contributed by atoms with Crippen LogP contribution < -0.4 is 4.90 Å². The van der Waals surface area contributed by atoms with E-state index in [4.69, 9.17) is 0 Å². The summed E-state index contributed by atoms with van der Waals surface area (Å²) in [7, 11) is 0. The molecule has 0 saturated carbocycles. The number of aromatic hydroxyl groups is 2. The number of phenols is 2. The molecular weight excluding hydrogens is 226 g/mol. The molecule has 0 bridgehead atoms. The fourth-order valence-electron chi connectivity index (χ4n) is 2.54. The summed E-state index contributed by atoms with van der Waals surface area (Å²) in [6.45, 7) is 0.903. The second kappa shape index (κ2) is 4.26. The molecule has 3 rings (SSSR count). The highest BCUT2D eigenvalue weighted by Crippen LogP contribution is 2.36. The van der Waals surface area contributed by atoms with Gasteiger partial charge in [-0.1, -0.05) is 18.2 Å². The summed E-state index contributed by atoms with van der Waals surface area (Å²) >= 11 is 0. The van der Waals surface area contributed by atoms with Crippen molar-refractivity contribution in [3.63, 3.8) is 0 Å². The summed E-state index contributed by atoms with van der Waals surface area (Å²) in [6, 6.07) is 13.0. The largest absolute Gasteiger partial charge is 0.508 e. The van der Waals surface area contributed by atoms with Gasteiger partial charge in [-0.2, -0.15) is 0 Å². The van der Waals surface area contributed by atoms with Gasteiger partial charge in [0, 0.05) is 36.1 Å². The minimum atomic E-state index is 0.0908. The van der Waals surface area contributed by atoms with Crippen LogP contribution in [0.4, 0.5) is 11.4 Å². The van der Waals surface area contributed by atoms with E-state index in [9.17, 15) is 10.2 Å². The van der Waals surface area contributed by atoms with Crippen LogP contribution in [0.5, 0.6) is 11.5 Å². The lowest BCUT2D eigenvalue weighted by molar-refractivity contribution is 0.450.